The minimum absolute atomic E-state index is 0.304. The van der Waals surface area contributed by atoms with E-state index in [1.54, 1.807) is 32.0 Å². The van der Waals surface area contributed by atoms with Gasteiger partial charge in [0.1, 0.15) is 6.04 Å². The van der Waals surface area contributed by atoms with Crippen LogP contribution >= 0.6 is 23.4 Å². The van der Waals surface area contributed by atoms with E-state index in [0.29, 0.717) is 22.5 Å². The quantitative estimate of drug-likeness (QED) is 0.655. The number of anilines is 1. The molecule has 1 aromatic carbocycles. The molecule has 1 aliphatic carbocycles. The van der Waals surface area contributed by atoms with Gasteiger partial charge in [-0.1, -0.05) is 30.5 Å². The van der Waals surface area contributed by atoms with Crippen LogP contribution < -0.4 is 9.62 Å². The summed E-state index contributed by atoms with van der Waals surface area (Å²) in [7, 11) is -3.64. The third-order valence-electron chi connectivity index (χ3n) is 4.55. The summed E-state index contributed by atoms with van der Waals surface area (Å²) in [6, 6.07) is 4.18. The minimum atomic E-state index is -3.64. The summed E-state index contributed by atoms with van der Waals surface area (Å²) in [5.74, 6) is 0.542. The highest BCUT2D eigenvalue weighted by Crippen LogP contribution is 2.29. The monoisotopic (exact) mass is 418 g/mol. The van der Waals surface area contributed by atoms with E-state index in [0.717, 1.165) is 21.9 Å². The van der Waals surface area contributed by atoms with E-state index in [2.05, 4.69) is 5.32 Å². The lowest BCUT2D eigenvalue weighted by molar-refractivity contribution is -0.121. The molecule has 1 N–H and O–H groups in total. The van der Waals surface area contributed by atoms with E-state index in [9.17, 15) is 13.2 Å². The third kappa shape index (κ3) is 5.79. The molecule has 2 rings (SSSR count). The Kier molecular flexibility index (Phi) is 7.67. The lowest BCUT2D eigenvalue weighted by atomic mass is 10.2. The van der Waals surface area contributed by atoms with Crippen molar-refractivity contribution in [1.29, 1.82) is 0 Å². The number of amides is 1. The molecule has 0 aromatic heterocycles. The predicted molar refractivity (Wildman–Crippen MR) is 111 cm³/mol. The molecular weight excluding hydrogens is 392 g/mol. The van der Waals surface area contributed by atoms with Gasteiger partial charge in [0.25, 0.3) is 0 Å². The average molecular weight is 419 g/mol. The third-order valence-corrected chi connectivity index (χ3v) is 7.40. The zero-order valence-electron chi connectivity index (χ0n) is 15.5. The molecule has 0 spiro atoms. The van der Waals surface area contributed by atoms with Gasteiger partial charge in [-0.25, -0.2) is 8.42 Å². The molecule has 1 atom stereocenters. The molecule has 0 bridgehead atoms. The van der Waals surface area contributed by atoms with Crippen LogP contribution in [0.2, 0.25) is 5.02 Å². The zero-order valence-corrected chi connectivity index (χ0v) is 17.9. The van der Waals surface area contributed by atoms with Gasteiger partial charge < -0.3 is 5.32 Å². The highest BCUT2D eigenvalue weighted by Gasteiger charge is 2.30. The summed E-state index contributed by atoms with van der Waals surface area (Å²) in [4.78, 5) is 12.5. The van der Waals surface area contributed by atoms with Gasteiger partial charge in [0.05, 0.1) is 11.9 Å². The number of hydrogen-bond donors (Lipinski definition) is 1. The summed E-state index contributed by atoms with van der Waals surface area (Å²) in [6.45, 7) is 3.93. The van der Waals surface area contributed by atoms with Gasteiger partial charge in [0.15, 0.2) is 0 Å². The molecule has 26 heavy (non-hydrogen) atoms. The topological polar surface area (TPSA) is 66.5 Å². The fourth-order valence-corrected chi connectivity index (χ4v) is 5.81. The van der Waals surface area contributed by atoms with Crippen LogP contribution in [0.15, 0.2) is 18.2 Å². The molecule has 1 aromatic rings. The van der Waals surface area contributed by atoms with Crippen molar-refractivity contribution in [1.82, 2.24) is 5.32 Å². The van der Waals surface area contributed by atoms with Crippen molar-refractivity contribution in [2.24, 2.45) is 0 Å². The summed E-state index contributed by atoms with van der Waals surface area (Å²) in [5, 5.41) is 3.99. The SMILES string of the molecule is Cc1ccc(Cl)cc1N([C@@H](C)C(=O)NCCSC1CCCC1)S(C)(=O)=O. The molecule has 5 nitrogen and oxygen atoms in total. The first-order valence-corrected chi connectivity index (χ1v) is 12.1. The maximum atomic E-state index is 12.5. The first-order valence-electron chi connectivity index (χ1n) is 8.85. The van der Waals surface area contributed by atoms with Gasteiger partial charge in [-0.15, -0.1) is 0 Å². The van der Waals surface area contributed by atoms with Crippen LogP contribution in [0.1, 0.15) is 38.2 Å². The molecule has 0 radical (unpaired) electrons. The smallest absolute Gasteiger partial charge is 0.243 e. The van der Waals surface area contributed by atoms with Gasteiger partial charge in [-0.05, 0) is 44.4 Å². The summed E-state index contributed by atoms with van der Waals surface area (Å²) >= 11 is 7.92. The molecule has 1 amide bonds. The lowest BCUT2D eigenvalue weighted by Crippen LogP contribution is -2.48. The molecule has 8 heteroatoms. The van der Waals surface area contributed by atoms with Crippen molar-refractivity contribution < 1.29 is 13.2 Å². The fourth-order valence-electron chi connectivity index (χ4n) is 3.20. The van der Waals surface area contributed by atoms with Crippen molar-refractivity contribution >= 4 is 45.0 Å². The van der Waals surface area contributed by atoms with E-state index in [4.69, 9.17) is 11.6 Å². The summed E-state index contributed by atoms with van der Waals surface area (Å²) < 4.78 is 25.8. The number of hydrogen-bond acceptors (Lipinski definition) is 4. The van der Waals surface area contributed by atoms with E-state index in [1.165, 1.54) is 25.7 Å². The Morgan fingerprint density at radius 2 is 2.04 bits per heavy atom. The van der Waals surface area contributed by atoms with Crippen LogP contribution in [0.4, 0.5) is 5.69 Å². The van der Waals surface area contributed by atoms with Crippen LogP contribution in [-0.2, 0) is 14.8 Å². The van der Waals surface area contributed by atoms with Gasteiger partial charge in [0, 0.05) is 22.6 Å². The molecule has 0 aliphatic heterocycles. The van der Waals surface area contributed by atoms with Gasteiger partial charge in [0.2, 0.25) is 15.9 Å². The van der Waals surface area contributed by atoms with Crippen LogP contribution in [-0.4, -0.2) is 44.2 Å². The Hall–Kier alpha value is -0.920. The van der Waals surface area contributed by atoms with Crippen LogP contribution in [0.25, 0.3) is 0 Å². The molecular formula is C18H27ClN2O3S2. The fraction of sp³-hybridized carbons (Fsp3) is 0.611. The molecule has 0 saturated heterocycles. The number of benzene rings is 1. The van der Waals surface area contributed by atoms with Crippen molar-refractivity contribution in [2.45, 2.75) is 50.8 Å². The maximum Gasteiger partial charge on any atom is 0.243 e. The standard InChI is InChI=1S/C18H27ClN2O3S2/c1-13-8-9-15(19)12-17(13)21(26(3,23)24)14(2)18(22)20-10-11-25-16-6-4-5-7-16/h8-9,12,14,16H,4-7,10-11H2,1-3H3,(H,20,22)/t14-/m0/s1. The number of nitrogens with zero attached hydrogens (tertiary/aromatic N) is 1. The van der Waals surface area contributed by atoms with Crippen molar-refractivity contribution in [3.05, 3.63) is 28.8 Å². The Morgan fingerprint density at radius 3 is 2.65 bits per heavy atom. The van der Waals surface area contributed by atoms with E-state index < -0.39 is 16.1 Å². The highest BCUT2D eigenvalue weighted by molar-refractivity contribution is 7.99. The van der Waals surface area contributed by atoms with Crippen LogP contribution in [0.5, 0.6) is 0 Å². The van der Waals surface area contributed by atoms with E-state index in [-0.39, 0.29) is 5.91 Å². The van der Waals surface area contributed by atoms with Crippen molar-refractivity contribution in [2.75, 3.05) is 22.9 Å². The summed E-state index contributed by atoms with van der Waals surface area (Å²) in [6.07, 6.45) is 6.20. The van der Waals surface area contributed by atoms with Gasteiger partial charge in [-0.3, -0.25) is 9.10 Å². The maximum absolute atomic E-state index is 12.5. The highest BCUT2D eigenvalue weighted by atomic mass is 35.5. The van der Waals surface area contributed by atoms with Gasteiger partial charge >= 0.3 is 0 Å². The molecule has 1 saturated carbocycles. The minimum Gasteiger partial charge on any atom is -0.353 e. The molecule has 0 unspecified atom stereocenters. The van der Waals surface area contributed by atoms with Gasteiger partial charge in [-0.2, -0.15) is 11.8 Å². The first kappa shape index (κ1) is 21.4. The molecule has 0 heterocycles. The Bertz CT molecular complexity index is 734. The average Bonchev–Trinajstić information content (AvgIpc) is 3.07. The Balaban J connectivity index is 2.02. The zero-order chi connectivity index (χ0) is 19.3. The lowest BCUT2D eigenvalue weighted by Gasteiger charge is -2.29. The van der Waals surface area contributed by atoms with Crippen LogP contribution in [0, 0.1) is 6.92 Å². The van der Waals surface area contributed by atoms with E-state index in [1.807, 2.05) is 11.8 Å². The number of halogens is 1. The molecule has 1 fully saturated rings. The summed E-state index contributed by atoms with van der Waals surface area (Å²) in [5.41, 5.74) is 1.18. The molecule has 146 valence electrons. The van der Waals surface area contributed by atoms with E-state index >= 15 is 0 Å². The molecule has 1 aliphatic rings. The second kappa shape index (κ2) is 9.33. The number of aryl methyl sites for hydroxylation is 1. The number of carbonyl (C=O) groups excluding carboxylic acids is 1. The normalized spacial score (nSPS) is 16.5. The van der Waals surface area contributed by atoms with Crippen molar-refractivity contribution in [3.8, 4) is 0 Å². The first-order chi connectivity index (χ1) is 12.2. The van der Waals surface area contributed by atoms with Crippen molar-refractivity contribution in [3.63, 3.8) is 0 Å². The second-order valence-corrected chi connectivity index (χ2v) is 10.4. The Morgan fingerprint density at radius 1 is 1.38 bits per heavy atom. The number of nitrogens with one attached hydrogen (secondary N) is 1. The predicted octanol–water partition coefficient (Wildman–Crippen LogP) is 3.59. The number of carbonyl (C=O) groups is 1. The number of rotatable bonds is 8. The van der Waals surface area contributed by atoms with Crippen LogP contribution in [0.3, 0.4) is 0 Å². The second-order valence-electron chi connectivity index (χ2n) is 6.73. The number of thioether (sulfide) groups is 1. The largest absolute Gasteiger partial charge is 0.353 e. The number of sulfonamides is 1. The Labute approximate surface area is 165 Å².